The fourth-order valence-electron chi connectivity index (χ4n) is 1.46. The maximum atomic E-state index is 9.03. The third-order valence-corrected chi connectivity index (χ3v) is 2.92. The summed E-state index contributed by atoms with van der Waals surface area (Å²) in [6, 6.07) is 5.51. The summed E-state index contributed by atoms with van der Waals surface area (Å²) in [7, 11) is 1.59. The van der Waals surface area contributed by atoms with Crippen molar-refractivity contribution in [2.45, 2.75) is 6.61 Å². The number of hydrogen-bond donors (Lipinski definition) is 2. The van der Waals surface area contributed by atoms with Crippen LogP contribution < -0.4 is 10.5 Å². The number of rotatable bonds is 3. The minimum atomic E-state index is -0.00412. The molecular formula is C11H12N2O2S. The molecule has 3 N–H and O–H groups in total. The van der Waals surface area contributed by atoms with Crippen molar-refractivity contribution < 1.29 is 9.84 Å². The number of aliphatic hydroxyl groups is 1. The Morgan fingerprint density at radius 3 is 2.88 bits per heavy atom. The van der Waals surface area contributed by atoms with Crippen LogP contribution in [0.5, 0.6) is 5.75 Å². The van der Waals surface area contributed by atoms with Crippen LogP contribution in [-0.4, -0.2) is 17.2 Å². The highest BCUT2D eigenvalue weighted by Crippen LogP contribution is 2.32. The molecule has 0 aliphatic carbocycles. The third kappa shape index (κ3) is 2.00. The molecule has 0 unspecified atom stereocenters. The van der Waals surface area contributed by atoms with Gasteiger partial charge in [-0.05, 0) is 17.7 Å². The van der Waals surface area contributed by atoms with Crippen molar-refractivity contribution in [3.05, 3.63) is 29.1 Å². The number of nitrogens with zero attached hydrogens (tertiary/aromatic N) is 1. The van der Waals surface area contributed by atoms with Gasteiger partial charge in [0.1, 0.15) is 5.75 Å². The molecule has 2 rings (SSSR count). The second-order valence-electron chi connectivity index (χ2n) is 3.26. The number of hydrogen-bond acceptors (Lipinski definition) is 5. The van der Waals surface area contributed by atoms with E-state index in [1.165, 1.54) is 11.3 Å². The molecule has 0 amide bonds. The predicted molar refractivity (Wildman–Crippen MR) is 64.4 cm³/mol. The van der Waals surface area contributed by atoms with Crippen LogP contribution in [0, 0.1) is 0 Å². The smallest absolute Gasteiger partial charge is 0.180 e. The minimum Gasteiger partial charge on any atom is -0.496 e. The van der Waals surface area contributed by atoms with Gasteiger partial charge in [0.15, 0.2) is 5.13 Å². The number of methoxy groups -OCH3 is 1. The van der Waals surface area contributed by atoms with E-state index in [2.05, 4.69) is 4.98 Å². The van der Waals surface area contributed by atoms with Gasteiger partial charge in [0.05, 0.1) is 19.4 Å². The van der Waals surface area contributed by atoms with E-state index in [0.717, 1.165) is 16.8 Å². The van der Waals surface area contributed by atoms with Crippen molar-refractivity contribution >= 4 is 16.5 Å². The fraction of sp³-hybridized carbons (Fsp3) is 0.182. The van der Waals surface area contributed by atoms with E-state index in [1.807, 2.05) is 17.5 Å². The normalized spacial score (nSPS) is 10.4. The Hall–Kier alpha value is -1.59. The fourth-order valence-corrected chi connectivity index (χ4v) is 2.02. The Labute approximate surface area is 97.3 Å². The average Bonchev–Trinajstić information content (AvgIpc) is 2.74. The van der Waals surface area contributed by atoms with Gasteiger partial charge in [-0.3, -0.25) is 0 Å². The van der Waals surface area contributed by atoms with Crippen LogP contribution in [0.2, 0.25) is 0 Å². The minimum absolute atomic E-state index is 0.00412. The quantitative estimate of drug-likeness (QED) is 0.854. The summed E-state index contributed by atoms with van der Waals surface area (Å²) < 4.78 is 5.26. The van der Waals surface area contributed by atoms with Crippen LogP contribution in [-0.2, 0) is 6.61 Å². The molecule has 16 heavy (non-hydrogen) atoms. The van der Waals surface area contributed by atoms with Crippen LogP contribution in [0.3, 0.4) is 0 Å². The van der Waals surface area contributed by atoms with E-state index >= 15 is 0 Å². The summed E-state index contributed by atoms with van der Waals surface area (Å²) in [6.45, 7) is -0.00412. The second kappa shape index (κ2) is 4.51. The predicted octanol–water partition coefficient (Wildman–Crippen LogP) is 1.89. The lowest BCUT2D eigenvalue weighted by Gasteiger charge is -2.07. The zero-order chi connectivity index (χ0) is 11.5. The zero-order valence-electron chi connectivity index (χ0n) is 8.80. The maximum absolute atomic E-state index is 9.03. The Kier molecular flexibility index (Phi) is 3.07. The summed E-state index contributed by atoms with van der Waals surface area (Å²) >= 11 is 1.39. The van der Waals surface area contributed by atoms with E-state index in [0.29, 0.717) is 10.9 Å². The van der Waals surface area contributed by atoms with Crippen molar-refractivity contribution in [1.29, 1.82) is 0 Å². The molecule has 0 aliphatic rings. The summed E-state index contributed by atoms with van der Waals surface area (Å²) in [4.78, 5) is 4.20. The number of nitrogen functional groups attached to an aromatic ring is 1. The van der Waals surface area contributed by atoms with E-state index in [9.17, 15) is 0 Å². The van der Waals surface area contributed by atoms with E-state index in [-0.39, 0.29) is 6.61 Å². The molecule has 0 atom stereocenters. The van der Waals surface area contributed by atoms with Gasteiger partial charge in [-0.25, -0.2) is 4.98 Å². The van der Waals surface area contributed by atoms with Gasteiger partial charge in [-0.1, -0.05) is 6.07 Å². The summed E-state index contributed by atoms with van der Waals surface area (Å²) in [5, 5.41) is 11.4. The van der Waals surface area contributed by atoms with Crippen molar-refractivity contribution in [3.8, 4) is 17.0 Å². The number of thiazole rings is 1. The van der Waals surface area contributed by atoms with Gasteiger partial charge in [-0.2, -0.15) is 0 Å². The topological polar surface area (TPSA) is 68.4 Å². The first kappa shape index (κ1) is 10.9. The summed E-state index contributed by atoms with van der Waals surface area (Å²) in [5.41, 5.74) is 8.08. The molecule has 0 bridgehead atoms. The maximum Gasteiger partial charge on any atom is 0.180 e. The lowest BCUT2D eigenvalue weighted by atomic mass is 10.1. The van der Waals surface area contributed by atoms with Gasteiger partial charge in [0.25, 0.3) is 0 Å². The van der Waals surface area contributed by atoms with E-state index in [4.69, 9.17) is 15.6 Å². The number of benzene rings is 1. The molecule has 4 nitrogen and oxygen atoms in total. The number of anilines is 1. The Balaban J connectivity index is 2.48. The zero-order valence-corrected chi connectivity index (χ0v) is 9.62. The Bertz CT molecular complexity index is 496. The largest absolute Gasteiger partial charge is 0.496 e. The van der Waals surface area contributed by atoms with Gasteiger partial charge in [-0.15, -0.1) is 11.3 Å². The molecule has 0 saturated carbocycles. The van der Waals surface area contributed by atoms with Crippen LogP contribution in [0.25, 0.3) is 11.3 Å². The molecule has 1 aromatic heterocycles. The monoisotopic (exact) mass is 236 g/mol. The first-order valence-electron chi connectivity index (χ1n) is 4.73. The van der Waals surface area contributed by atoms with Crippen molar-refractivity contribution in [3.63, 3.8) is 0 Å². The molecule has 2 aromatic rings. The average molecular weight is 236 g/mol. The van der Waals surface area contributed by atoms with Gasteiger partial charge < -0.3 is 15.6 Å². The number of aromatic nitrogens is 1. The van der Waals surface area contributed by atoms with Gasteiger partial charge in [0, 0.05) is 10.9 Å². The standard InChI is InChI=1S/C11H12N2O2S/c1-15-10-4-7(5-14)2-3-8(10)9-6-16-11(12)13-9/h2-4,6,14H,5H2,1H3,(H2,12,13). The molecule has 1 aromatic carbocycles. The molecule has 1 heterocycles. The Morgan fingerprint density at radius 1 is 1.50 bits per heavy atom. The number of aliphatic hydroxyl groups excluding tert-OH is 1. The molecule has 0 spiro atoms. The van der Waals surface area contributed by atoms with Crippen molar-refractivity contribution in [2.75, 3.05) is 12.8 Å². The van der Waals surface area contributed by atoms with Crippen LogP contribution in [0.4, 0.5) is 5.13 Å². The van der Waals surface area contributed by atoms with Crippen molar-refractivity contribution in [2.24, 2.45) is 0 Å². The molecule has 0 aliphatic heterocycles. The molecular weight excluding hydrogens is 224 g/mol. The number of ether oxygens (including phenoxy) is 1. The van der Waals surface area contributed by atoms with Crippen molar-refractivity contribution in [1.82, 2.24) is 4.98 Å². The van der Waals surface area contributed by atoms with Crippen LogP contribution >= 0.6 is 11.3 Å². The highest BCUT2D eigenvalue weighted by Gasteiger charge is 2.09. The third-order valence-electron chi connectivity index (χ3n) is 2.25. The lowest BCUT2D eigenvalue weighted by Crippen LogP contribution is -1.91. The highest BCUT2D eigenvalue weighted by molar-refractivity contribution is 7.13. The van der Waals surface area contributed by atoms with E-state index < -0.39 is 0 Å². The summed E-state index contributed by atoms with van der Waals surface area (Å²) in [5.74, 6) is 0.692. The Morgan fingerprint density at radius 2 is 2.31 bits per heavy atom. The van der Waals surface area contributed by atoms with Crippen LogP contribution in [0.15, 0.2) is 23.6 Å². The molecule has 0 fully saturated rings. The SMILES string of the molecule is COc1cc(CO)ccc1-c1csc(N)n1. The van der Waals surface area contributed by atoms with Crippen LogP contribution in [0.1, 0.15) is 5.56 Å². The molecule has 0 saturated heterocycles. The summed E-state index contributed by atoms with van der Waals surface area (Å²) in [6.07, 6.45) is 0. The first-order valence-corrected chi connectivity index (χ1v) is 5.61. The highest BCUT2D eigenvalue weighted by atomic mass is 32.1. The van der Waals surface area contributed by atoms with E-state index in [1.54, 1.807) is 13.2 Å². The molecule has 84 valence electrons. The van der Waals surface area contributed by atoms with Gasteiger partial charge in [0.2, 0.25) is 0 Å². The molecule has 5 heteroatoms. The first-order chi connectivity index (χ1) is 7.74. The second-order valence-corrected chi connectivity index (χ2v) is 4.15. The molecule has 0 radical (unpaired) electrons. The number of nitrogens with two attached hydrogens (primary N) is 1. The van der Waals surface area contributed by atoms with Gasteiger partial charge >= 0.3 is 0 Å². The lowest BCUT2D eigenvalue weighted by molar-refractivity contribution is 0.281.